The number of hydrogen-bond donors (Lipinski definition) is 2. The number of phenols is 1. The van der Waals surface area contributed by atoms with Crippen molar-refractivity contribution in [2.45, 2.75) is 50.0 Å². The van der Waals surface area contributed by atoms with Gasteiger partial charge in [0.25, 0.3) is 0 Å². The Bertz CT molecular complexity index is 1130. The minimum absolute atomic E-state index is 0.0707. The number of likely N-dealkylation sites (tertiary alicyclic amines) is 1. The maximum absolute atomic E-state index is 12.8. The van der Waals surface area contributed by atoms with E-state index < -0.39 is 10.0 Å². The van der Waals surface area contributed by atoms with Crippen molar-refractivity contribution in [2.75, 3.05) is 31.5 Å². The number of carbonyl (C=O) groups excluding carboxylic acids is 2. The fraction of sp³-hybridized carbons (Fsp3) is 0.462. The highest BCUT2D eigenvalue weighted by Crippen LogP contribution is 2.25. The summed E-state index contributed by atoms with van der Waals surface area (Å²) in [5.74, 6) is -0.0591. The molecule has 1 atom stereocenters. The van der Waals surface area contributed by atoms with Gasteiger partial charge in [-0.2, -0.15) is 4.31 Å². The molecule has 4 rings (SSSR count). The number of piperidine rings is 2. The molecule has 2 aliphatic rings. The van der Waals surface area contributed by atoms with Crippen LogP contribution < -0.4 is 5.32 Å². The van der Waals surface area contributed by atoms with Gasteiger partial charge < -0.3 is 10.4 Å². The van der Waals surface area contributed by atoms with Crippen LogP contribution in [0.4, 0.5) is 5.69 Å². The summed E-state index contributed by atoms with van der Waals surface area (Å²) in [5, 5.41) is 12.3. The van der Waals surface area contributed by atoms with Crippen molar-refractivity contribution in [3.8, 4) is 5.75 Å². The number of nitrogens with zero attached hydrogens (tertiary/aromatic N) is 2. The Morgan fingerprint density at radius 1 is 0.914 bits per heavy atom. The molecule has 0 radical (unpaired) electrons. The van der Waals surface area contributed by atoms with Crippen molar-refractivity contribution in [3.05, 3.63) is 54.1 Å². The Morgan fingerprint density at radius 2 is 1.51 bits per heavy atom. The summed E-state index contributed by atoms with van der Waals surface area (Å²) in [5.41, 5.74) is 1.15. The third kappa shape index (κ3) is 5.91. The van der Waals surface area contributed by atoms with Gasteiger partial charge in [-0.05, 0) is 94.2 Å². The Kier molecular flexibility index (Phi) is 7.88. The molecule has 1 amide bonds. The Labute approximate surface area is 207 Å². The highest BCUT2D eigenvalue weighted by atomic mass is 32.2. The quantitative estimate of drug-likeness (QED) is 0.565. The van der Waals surface area contributed by atoms with Gasteiger partial charge in [-0.3, -0.25) is 14.5 Å². The van der Waals surface area contributed by atoms with E-state index in [1.807, 2.05) is 6.92 Å². The summed E-state index contributed by atoms with van der Waals surface area (Å²) in [6.07, 6.45) is 4.16. The largest absolute Gasteiger partial charge is 0.508 e. The van der Waals surface area contributed by atoms with Crippen LogP contribution in [0.15, 0.2) is 53.4 Å². The first-order valence-corrected chi connectivity index (χ1v) is 13.7. The molecule has 2 aliphatic heterocycles. The SMILES string of the molecule is CC(C(=O)Nc1ccc(S(=O)(=O)N2CCCCC2)cc1)N1CCC(C(=O)c2ccc(O)cc2)CC1. The van der Waals surface area contributed by atoms with E-state index >= 15 is 0 Å². The van der Waals surface area contributed by atoms with E-state index in [1.165, 1.54) is 16.4 Å². The summed E-state index contributed by atoms with van der Waals surface area (Å²) in [6.45, 7) is 4.21. The number of rotatable bonds is 7. The summed E-state index contributed by atoms with van der Waals surface area (Å²) in [6, 6.07) is 12.3. The van der Waals surface area contributed by atoms with Gasteiger partial charge in [-0.15, -0.1) is 0 Å². The third-order valence-corrected chi connectivity index (χ3v) is 8.97. The molecule has 2 heterocycles. The summed E-state index contributed by atoms with van der Waals surface area (Å²) >= 11 is 0. The second-order valence-corrected chi connectivity index (χ2v) is 11.3. The Morgan fingerprint density at radius 3 is 2.11 bits per heavy atom. The van der Waals surface area contributed by atoms with Crippen molar-refractivity contribution in [1.29, 1.82) is 0 Å². The molecule has 2 aromatic carbocycles. The van der Waals surface area contributed by atoms with Crippen LogP contribution in [0, 0.1) is 5.92 Å². The number of phenolic OH excluding ortho intramolecular Hbond substituents is 1. The van der Waals surface area contributed by atoms with Gasteiger partial charge in [0.2, 0.25) is 15.9 Å². The van der Waals surface area contributed by atoms with Gasteiger partial charge in [0.05, 0.1) is 10.9 Å². The molecular weight excluding hydrogens is 466 g/mol. The lowest BCUT2D eigenvalue weighted by Gasteiger charge is -2.34. The summed E-state index contributed by atoms with van der Waals surface area (Å²) in [7, 11) is -3.50. The number of ketones is 1. The highest BCUT2D eigenvalue weighted by molar-refractivity contribution is 7.89. The molecule has 8 nitrogen and oxygen atoms in total. The first-order valence-electron chi connectivity index (χ1n) is 12.2. The van der Waals surface area contributed by atoms with Gasteiger partial charge in [-0.1, -0.05) is 6.42 Å². The molecule has 188 valence electrons. The summed E-state index contributed by atoms with van der Waals surface area (Å²) in [4.78, 5) is 27.9. The standard InChI is InChI=1S/C26H33N3O5S/c1-19(28-17-13-21(14-18-28)25(31)20-5-9-23(30)10-6-20)26(32)27-22-7-11-24(12-8-22)35(33,34)29-15-3-2-4-16-29/h5-12,19,21,30H,2-4,13-18H2,1H3,(H,27,32). The monoisotopic (exact) mass is 499 g/mol. The zero-order chi connectivity index (χ0) is 25.0. The number of amides is 1. The number of sulfonamides is 1. The van der Waals surface area contributed by atoms with Crippen LogP contribution >= 0.6 is 0 Å². The van der Waals surface area contributed by atoms with Crippen LogP contribution in [0.3, 0.4) is 0 Å². The van der Waals surface area contributed by atoms with Crippen LogP contribution in [0.1, 0.15) is 49.4 Å². The smallest absolute Gasteiger partial charge is 0.243 e. The molecular formula is C26H33N3O5S. The fourth-order valence-electron chi connectivity index (χ4n) is 4.79. The average Bonchev–Trinajstić information content (AvgIpc) is 2.89. The molecule has 35 heavy (non-hydrogen) atoms. The lowest BCUT2D eigenvalue weighted by Crippen LogP contribution is -2.47. The molecule has 2 fully saturated rings. The van der Waals surface area contributed by atoms with Crippen LogP contribution in [-0.2, 0) is 14.8 Å². The maximum Gasteiger partial charge on any atom is 0.243 e. The van der Waals surface area contributed by atoms with Crippen LogP contribution in [0.2, 0.25) is 0 Å². The normalized spacial score (nSPS) is 19.2. The number of hydrogen-bond acceptors (Lipinski definition) is 6. The predicted molar refractivity (Wildman–Crippen MR) is 134 cm³/mol. The first-order chi connectivity index (χ1) is 16.8. The molecule has 1 unspecified atom stereocenters. The van der Waals surface area contributed by atoms with E-state index in [0.717, 1.165) is 19.3 Å². The van der Waals surface area contributed by atoms with Gasteiger partial charge in [-0.25, -0.2) is 8.42 Å². The average molecular weight is 500 g/mol. The molecule has 0 spiro atoms. The first kappa shape index (κ1) is 25.3. The van der Waals surface area contributed by atoms with Gasteiger partial charge in [0, 0.05) is 30.3 Å². The number of Topliss-reactive ketones (excluding diaryl/α,β-unsaturated/α-hetero) is 1. The Balaban J connectivity index is 1.30. The second kappa shape index (κ2) is 10.9. The topological polar surface area (TPSA) is 107 Å². The number of aromatic hydroxyl groups is 1. The van der Waals surface area contributed by atoms with E-state index in [1.54, 1.807) is 36.4 Å². The summed E-state index contributed by atoms with van der Waals surface area (Å²) < 4.78 is 27.2. The zero-order valence-electron chi connectivity index (χ0n) is 20.0. The molecule has 0 aromatic heterocycles. The van der Waals surface area contributed by atoms with Crippen molar-refractivity contribution in [1.82, 2.24) is 9.21 Å². The number of anilines is 1. The van der Waals surface area contributed by atoms with Crippen LogP contribution in [0.25, 0.3) is 0 Å². The van der Waals surface area contributed by atoms with Crippen molar-refractivity contribution in [2.24, 2.45) is 5.92 Å². The lowest BCUT2D eigenvalue weighted by molar-refractivity contribution is -0.121. The molecule has 2 aromatic rings. The minimum Gasteiger partial charge on any atom is -0.508 e. The number of nitrogens with one attached hydrogen (secondary N) is 1. The van der Waals surface area contributed by atoms with Gasteiger partial charge in [0.1, 0.15) is 5.75 Å². The fourth-order valence-corrected chi connectivity index (χ4v) is 6.30. The van der Waals surface area contributed by atoms with Crippen LogP contribution in [0.5, 0.6) is 5.75 Å². The third-order valence-electron chi connectivity index (χ3n) is 7.05. The molecule has 0 bridgehead atoms. The minimum atomic E-state index is -3.50. The molecule has 2 N–H and O–H groups in total. The van der Waals surface area contributed by atoms with E-state index in [4.69, 9.17) is 0 Å². The van der Waals surface area contributed by atoms with Crippen molar-refractivity contribution in [3.63, 3.8) is 0 Å². The Hall–Kier alpha value is -2.75. The van der Waals surface area contributed by atoms with Gasteiger partial charge in [0.15, 0.2) is 5.78 Å². The van der Waals surface area contributed by atoms with Gasteiger partial charge >= 0.3 is 0 Å². The second-order valence-electron chi connectivity index (χ2n) is 9.38. The lowest BCUT2D eigenvalue weighted by atomic mass is 9.88. The molecule has 2 saturated heterocycles. The van der Waals surface area contributed by atoms with Crippen LogP contribution in [-0.4, -0.2) is 66.6 Å². The number of carbonyl (C=O) groups is 2. The van der Waals surface area contributed by atoms with E-state index in [9.17, 15) is 23.1 Å². The van der Waals surface area contributed by atoms with Crippen molar-refractivity contribution < 1.29 is 23.1 Å². The molecule has 0 saturated carbocycles. The zero-order valence-corrected chi connectivity index (χ0v) is 20.8. The van der Waals surface area contributed by atoms with E-state index in [-0.39, 0.29) is 34.3 Å². The molecule has 9 heteroatoms. The maximum atomic E-state index is 12.8. The van der Waals surface area contributed by atoms with E-state index in [2.05, 4.69) is 10.2 Å². The van der Waals surface area contributed by atoms with Crippen molar-refractivity contribution >= 4 is 27.4 Å². The van der Waals surface area contributed by atoms with E-state index in [0.29, 0.717) is 50.3 Å². The highest BCUT2D eigenvalue weighted by Gasteiger charge is 2.30. The number of benzene rings is 2. The molecule has 0 aliphatic carbocycles. The predicted octanol–water partition coefficient (Wildman–Crippen LogP) is 3.49.